The summed E-state index contributed by atoms with van der Waals surface area (Å²) in [4.78, 5) is 54.5. The van der Waals surface area contributed by atoms with Crippen molar-refractivity contribution in [3.8, 4) is 0 Å². The van der Waals surface area contributed by atoms with Gasteiger partial charge < -0.3 is 55.5 Å². The molecule has 0 aliphatic heterocycles. The van der Waals surface area contributed by atoms with Gasteiger partial charge in [-0.1, -0.05) is 6.42 Å². The zero-order valence-corrected chi connectivity index (χ0v) is 22.9. The number of aliphatic imine (C=N–C) groups is 1. The number of rotatable bonds is 23. The largest absolute Gasteiger partial charge is 0.480 e. The molecule has 0 aromatic carbocycles. The maximum atomic E-state index is 13.2. The lowest BCUT2D eigenvalue weighted by atomic mass is 10.0. The first-order valence-corrected chi connectivity index (χ1v) is 13.6. The Morgan fingerprint density at radius 1 is 0.615 bits per heavy atom. The van der Waals surface area contributed by atoms with Crippen molar-refractivity contribution in [2.24, 2.45) is 39.4 Å². The molecule has 0 saturated carbocycles. The Hall–Kier alpha value is -3.01. The molecule has 4 atom stereocenters. The van der Waals surface area contributed by atoms with E-state index in [1.54, 1.807) is 0 Å². The van der Waals surface area contributed by atoms with E-state index in [0.717, 1.165) is 6.42 Å². The molecule has 15 nitrogen and oxygen atoms in total. The average Bonchev–Trinajstić information content (AvgIpc) is 2.88. The van der Waals surface area contributed by atoms with Gasteiger partial charge in [0.1, 0.15) is 18.1 Å². The first-order chi connectivity index (χ1) is 18.6. The molecule has 0 radical (unpaired) electrons. The van der Waals surface area contributed by atoms with Gasteiger partial charge in [0.2, 0.25) is 17.7 Å². The molecule has 0 bridgehead atoms. The number of guanidine groups is 1. The topological polar surface area (TPSA) is 293 Å². The molecule has 0 fully saturated rings. The number of hydrogen-bond donors (Lipinski definition) is 10. The van der Waals surface area contributed by atoms with E-state index >= 15 is 0 Å². The maximum absolute atomic E-state index is 13.2. The number of nitrogens with zero attached hydrogens (tertiary/aromatic N) is 1. The lowest BCUT2D eigenvalue weighted by Gasteiger charge is -2.25. The predicted molar refractivity (Wildman–Crippen MR) is 150 cm³/mol. The van der Waals surface area contributed by atoms with E-state index in [1.165, 1.54) is 0 Å². The Bertz CT molecular complexity index is 764. The van der Waals surface area contributed by atoms with Gasteiger partial charge in [-0.05, 0) is 83.8 Å². The van der Waals surface area contributed by atoms with Crippen molar-refractivity contribution < 1.29 is 24.3 Å². The molecule has 0 aliphatic rings. The fourth-order valence-corrected chi connectivity index (χ4v) is 3.75. The smallest absolute Gasteiger partial charge is 0.326 e. The minimum absolute atomic E-state index is 0.0845. The third-order valence-corrected chi connectivity index (χ3v) is 6.03. The number of nitrogens with one attached hydrogen (secondary N) is 3. The normalized spacial score (nSPS) is 13.9. The van der Waals surface area contributed by atoms with Crippen molar-refractivity contribution in [2.45, 2.75) is 94.8 Å². The average molecular weight is 559 g/mol. The van der Waals surface area contributed by atoms with Crippen LogP contribution < -0.4 is 50.4 Å². The lowest BCUT2D eigenvalue weighted by Crippen LogP contribution is -2.57. The fraction of sp³-hybridized carbons (Fsp3) is 0.792. The summed E-state index contributed by atoms with van der Waals surface area (Å²) in [6, 6.07) is -3.98. The quantitative estimate of drug-likeness (QED) is 0.0349. The molecular formula is C24H50N10O5. The molecule has 226 valence electrons. The van der Waals surface area contributed by atoms with E-state index in [2.05, 4.69) is 20.9 Å². The first-order valence-electron chi connectivity index (χ1n) is 13.6. The molecule has 16 N–H and O–H groups in total. The second-order valence-electron chi connectivity index (χ2n) is 9.43. The highest BCUT2D eigenvalue weighted by molar-refractivity contribution is 5.94. The van der Waals surface area contributed by atoms with Gasteiger partial charge in [-0.15, -0.1) is 0 Å². The van der Waals surface area contributed by atoms with Crippen LogP contribution in [-0.4, -0.2) is 85.1 Å². The van der Waals surface area contributed by atoms with Crippen molar-refractivity contribution >= 4 is 29.7 Å². The lowest BCUT2D eigenvalue weighted by molar-refractivity contribution is -0.142. The zero-order valence-electron chi connectivity index (χ0n) is 22.9. The Morgan fingerprint density at radius 3 is 1.46 bits per heavy atom. The second-order valence-corrected chi connectivity index (χ2v) is 9.43. The number of carbonyl (C=O) groups excluding carboxylic acids is 3. The summed E-state index contributed by atoms with van der Waals surface area (Å²) >= 11 is 0. The summed E-state index contributed by atoms with van der Waals surface area (Å²) in [5.41, 5.74) is 33.2. The number of carbonyl (C=O) groups is 4. The molecule has 3 amide bonds. The molecule has 39 heavy (non-hydrogen) atoms. The number of nitrogens with two attached hydrogens (primary N) is 6. The van der Waals surface area contributed by atoms with Crippen molar-refractivity contribution in [3.05, 3.63) is 0 Å². The van der Waals surface area contributed by atoms with Gasteiger partial charge in [0, 0.05) is 6.54 Å². The molecular weight excluding hydrogens is 508 g/mol. The summed E-state index contributed by atoms with van der Waals surface area (Å²) in [5.74, 6) is -3.04. The van der Waals surface area contributed by atoms with Crippen LogP contribution in [0, 0.1) is 0 Å². The van der Waals surface area contributed by atoms with Gasteiger partial charge in [-0.25, -0.2) is 4.79 Å². The summed E-state index contributed by atoms with van der Waals surface area (Å²) in [5, 5.41) is 17.4. The molecule has 0 aromatic heterocycles. The monoisotopic (exact) mass is 558 g/mol. The van der Waals surface area contributed by atoms with Gasteiger partial charge in [0.15, 0.2) is 5.96 Å². The fourth-order valence-electron chi connectivity index (χ4n) is 3.75. The van der Waals surface area contributed by atoms with Gasteiger partial charge in [-0.2, -0.15) is 0 Å². The Labute approximate surface area is 230 Å². The molecule has 0 rings (SSSR count). The Morgan fingerprint density at radius 2 is 1.03 bits per heavy atom. The predicted octanol–water partition coefficient (Wildman–Crippen LogP) is -2.71. The maximum Gasteiger partial charge on any atom is 0.326 e. The highest BCUT2D eigenvalue weighted by Crippen LogP contribution is 2.08. The number of aliphatic carboxylic acids is 1. The SMILES string of the molecule is NCCCC[C@H](NC(=O)[C@H](CCCCN)NC(=O)[C@@H](N)CCCCN)C(=O)N[C@@H](CCCN=C(N)N)C(=O)O. The number of amides is 3. The summed E-state index contributed by atoms with van der Waals surface area (Å²) < 4.78 is 0. The van der Waals surface area contributed by atoms with Gasteiger partial charge >= 0.3 is 5.97 Å². The highest BCUT2D eigenvalue weighted by Gasteiger charge is 2.29. The molecule has 0 saturated heterocycles. The van der Waals surface area contributed by atoms with Crippen molar-refractivity contribution in [2.75, 3.05) is 26.2 Å². The van der Waals surface area contributed by atoms with E-state index in [0.29, 0.717) is 71.0 Å². The van der Waals surface area contributed by atoms with E-state index in [9.17, 15) is 24.3 Å². The molecule has 0 aromatic rings. The third-order valence-electron chi connectivity index (χ3n) is 6.03. The van der Waals surface area contributed by atoms with Crippen LogP contribution in [0.3, 0.4) is 0 Å². The van der Waals surface area contributed by atoms with Gasteiger partial charge in [-0.3, -0.25) is 19.4 Å². The van der Waals surface area contributed by atoms with E-state index in [1.807, 2.05) is 0 Å². The van der Waals surface area contributed by atoms with E-state index < -0.39 is 47.9 Å². The Kier molecular flexibility index (Phi) is 20.2. The third kappa shape index (κ3) is 17.2. The molecule has 0 aliphatic carbocycles. The minimum Gasteiger partial charge on any atom is -0.480 e. The van der Waals surface area contributed by atoms with Crippen LogP contribution in [0.2, 0.25) is 0 Å². The summed E-state index contributed by atoms with van der Waals surface area (Å²) in [7, 11) is 0. The standard InChI is InChI=1S/C24H50N10O5/c25-12-4-1-8-16(28)20(35)32-17(9-2-5-13-26)21(36)33-18(10-3-6-14-27)22(37)34-19(23(38)39)11-7-15-31-24(29)30/h16-19H,1-15,25-28H2,(H,32,35)(H,33,36)(H,34,37)(H,38,39)(H4,29,30,31)/t16-,17-,18-,19-/m0/s1. The van der Waals surface area contributed by atoms with E-state index in [-0.39, 0.29) is 25.3 Å². The van der Waals surface area contributed by atoms with Crippen molar-refractivity contribution in [3.63, 3.8) is 0 Å². The molecule has 15 heteroatoms. The number of unbranched alkanes of at least 4 members (excludes halogenated alkanes) is 3. The number of hydrogen-bond acceptors (Lipinski definition) is 9. The van der Waals surface area contributed by atoms with Crippen LogP contribution >= 0.6 is 0 Å². The summed E-state index contributed by atoms with van der Waals surface area (Å²) in [6.07, 6.45) is 5.09. The highest BCUT2D eigenvalue weighted by atomic mass is 16.4. The minimum atomic E-state index is -1.23. The van der Waals surface area contributed by atoms with Crippen molar-refractivity contribution in [1.82, 2.24) is 16.0 Å². The molecule has 0 heterocycles. The van der Waals surface area contributed by atoms with Crippen LogP contribution in [0.25, 0.3) is 0 Å². The van der Waals surface area contributed by atoms with Crippen LogP contribution in [-0.2, 0) is 19.2 Å². The second kappa shape index (κ2) is 21.9. The first kappa shape index (κ1) is 36.0. The molecule has 0 unspecified atom stereocenters. The van der Waals surface area contributed by atoms with Gasteiger partial charge in [0.05, 0.1) is 6.04 Å². The Balaban J connectivity index is 5.47. The summed E-state index contributed by atoms with van der Waals surface area (Å²) in [6.45, 7) is 1.51. The molecule has 0 spiro atoms. The van der Waals surface area contributed by atoms with Crippen LogP contribution in [0.15, 0.2) is 4.99 Å². The van der Waals surface area contributed by atoms with Crippen molar-refractivity contribution in [1.29, 1.82) is 0 Å². The van der Waals surface area contributed by atoms with Crippen LogP contribution in [0.5, 0.6) is 0 Å². The van der Waals surface area contributed by atoms with E-state index in [4.69, 9.17) is 34.4 Å². The van der Waals surface area contributed by atoms with Gasteiger partial charge in [0.25, 0.3) is 0 Å². The van der Waals surface area contributed by atoms with Crippen LogP contribution in [0.4, 0.5) is 0 Å². The number of carboxylic acid groups (broad SMARTS) is 1. The van der Waals surface area contributed by atoms with Crippen LogP contribution in [0.1, 0.15) is 70.6 Å². The zero-order chi connectivity index (χ0) is 29.6. The number of carboxylic acids is 1.